The van der Waals surface area contributed by atoms with Gasteiger partial charge in [0, 0.05) is 5.41 Å². The maximum absolute atomic E-state index is 10.8. The lowest BCUT2D eigenvalue weighted by Gasteiger charge is -2.21. The van der Waals surface area contributed by atoms with E-state index in [1.165, 1.54) is 5.56 Å². The van der Waals surface area contributed by atoms with Gasteiger partial charge in [-0.15, -0.1) is 0 Å². The van der Waals surface area contributed by atoms with Crippen LogP contribution < -0.4 is 4.74 Å². The van der Waals surface area contributed by atoms with E-state index >= 15 is 0 Å². The molecular formula is C17H24O3. The second kappa shape index (κ2) is 5.12. The fourth-order valence-electron chi connectivity index (χ4n) is 2.38. The summed E-state index contributed by atoms with van der Waals surface area (Å²) in [6, 6.07) is 6.26. The number of hydrogen-bond donors (Lipinski definition) is 1. The number of hydrogen-bond acceptors (Lipinski definition) is 2. The van der Waals surface area contributed by atoms with Crippen molar-refractivity contribution in [2.45, 2.75) is 52.4 Å². The zero-order valence-electron chi connectivity index (χ0n) is 12.8. The van der Waals surface area contributed by atoms with Gasteiger partial charge in [-0.25, -0.2) is 0 Å². The van der Waals surface area contributed by atoms with E-state index in [9.17, 15) is 4.79 Å². The number of rotatable bonds is 5. The largest absolute Gasteiger partial charge is 0.493 e. The first-order chi connectivity index (χ1) is 9.22. The molecule has 0 amide bonds. The molecule has 3 nitrogen and oxygen atoms in total. The van der Waals surface area contributed by atoms with Crippen molar-refractivity contribution in [3.05, 3.63) is 29.3 Å². The molecule has 0 saturated heterocycles. The maximum atomic E-state index is 10.8. The molecule has 0 atom stereocenters. The molecule has 0 heterocycles. The van der Waals surface area contributed by atoms with Crippen LogP contribution in [-0.2, 0) is 10.2 Å². The second-order valence-electron chi connectivity index (χ2n) is 7.09. The number of benzene rings is 1. The van der Waals surface area contributed by atoms with E-state index in [0.29, 0.717) is 6.61 Å². The number of ether oxygens (including phenoxy) is 1. The summed E-state index contributed by atoms with van der Waals surface area (Å²) in [6.45, 7) is 9.12. The van der Waals surface area contributed by atoms with E-state index in [1.807, 2.05) is 13.0 Å². The molecule has 2 rings (SSSR count). The van der Waals surface area contributed by atoms with Crippen LogP contribution in [0.3, 0.4) is 0 Å². The van der Waals surface area contributed by atoms with Gasteiger partial charge in [0.25, 0.3) is 0 Å². The Morgan fingerprint density at radius 3 is 2.45 bits per heavy atom. The highest BCUT2D eigenvalue weighted by Gasteiger charge is 2.45. The highest BCUT2D eigenvalue weighted by molar-refractivity contribution is 5.68. The summed E-state index contributed by atoms with van der Waals surface area (Å²) in [5, 5.41) is 8.91. The molecule has 0 unspecified atom stereocenters. The molecule has 3 heteroatoms. The van der Waals surface area contributed by atoms with Crippen LogP contribution >= 0.6 is 0 Å². The van der Waals surface area contributed by atoms with Gasteiger partial charge < -0.3 is 9.84 Å². The molecule has 0 radical (unpaired) electrons. The van der Waals surface area contributed by atoms with Crippen molar-refractivity contribution in [3.63, 3.8) is 0 Å². The van der Waals surface area contributed by atoms with Crippen molar-refractivity contribution in [3.8, 4) is 5.75 Å². The van der Waals surface area contributed by atoms with Crippen molar-refractivity contribution in [2.24, 2.45) is 5.41 Å². The molecule has 0 aromatic heterocycles. The summed E-state index contributed by atoms with van der Waals surface area (Å²) in [5.74, 6) is 0.139. The second-order valence-corrected chi connectivity index (χ2v) is 7.09. The maximum Gasteiger partial charge on any atom is 0.304 e. The number of carboxylic acid groups (broad SMARTS) is 1. The third kappa shape index (κ3) is 3.53. The monoisotopic (exact) mass is 276 g/mol. The molecule has 1 fully saturated rings. The Morgan fingerprint density at radius 1 is 1.35 bits per heavy atom. The molecule has 0 bridgehead atoms. The lowest BCUT2D eigenvalue weighted by atomic mass is 9.86. The molecule has 0 spiro atoms. The Hall–Kier alpha value is -1.51. The van der Waals surface area contributed by atoms with Gasteiger partial charge in [-0.1, -0.05) is 32.9 Å². The first-order valence-corrected chi connectivity index (χ1v) is 7.18. The van der Waals surface area contributed by atoms with Crippen LogP contribution in [0, 0.1) is 12.3 Å². The Morgan fingerprint density at radius 2 is 2.00 bits per heavy atom. The topological polar surface area (TPSA) is 46.5 Å². The summed E-state index contributed by atoms with van der Waals surface area (Å²) in [6.07, 6.45) is 2.13. The Labute approximate surface area is 121 Å². The highest BCUT2D eigenvalue weighted by atomic mass is 16.5. The van der Waals surface area contributed by atoms with Crippen LogP contribution in [0.2, 0.25) is 0 Å². The summed E-state index contributed by atoms with van der Waals surface area (Å²) in [4.78, 5) is 10.8. The quantitative estimate of drug-likeness (QED) is 0.886. The number of carboxylic acids is 1. The number of aliphatic carboxylic acids is 1. The fraction of sp³-hybridized carbons (Fsp3) is 0.588. The molecule has 1 aromatic rings. The average Bonchev–Trinajstić information content (AvgIpc) is 3.05. The smallest absolute Gasteiger partial charge is 0.304 e. The van der Waals surface area contributed by atoms with Crippen LogP contribution in [0.15, 0.2) is 18.2 Å². The van der Waals surface area contributed by atoms with E-state index in [4.69, 9.17) is 9.84 Å². The van der Waals surface area contributed by atoms with Gasteiger partial charge in [0.15, 0.2) is 0 Å². The minimum atomic E-state index is -0.731. The van der Waals surface area contributed by atoms with Crippen LogP contribution in [-0.4, -0.2) is 17.7 Å². The zero-order valence-corrected chi connectivity index (χ0v) is 12.8. The third-order valence-electron chi connectivity index (χ3n) is 4.06. The van der Waals surface area contributed by atoms with Gasteiger partial charge in [0.05, 0.1) is 13.0 Å². The Balaban J connectivity index is 2.02. The van der Waals surface area contributed by atoms with Crippen molar-refractivity contribution < 1.29 is 14.6 Å². The van der Waals surface area contributed by atoms with Gasteiger partial charge >= 0.3 is 5.97 Å². The molecule has 1 aliphatic rings. The summed E-state index contributed by atoms with van der Waals surface area (Å²) >= 11 is 0. The minimum absolute atomic E-state index is 0.124. The van der Waals surface area contributed by atoms with Crippen molar-refractivity contribution in [1.82, 2.24) is 0 Å². The standard InChI is InChI=1S/C17H24O3/c1-12-9-13(16(2,3)4)5-6-14(12)20-11-17(7-8-17)10-15(18)19/h5-6,9H,7-8,10-11H2,1-4H3,(H,18,19). The molecule has 20 heavy (non-hydrogen) atoms. The molecule has 1 saturated carbocycles. The first kappa shape index (κ1) is 14.9. The first-order valence-electron chi connectivity index (χ1n) is 7.18. The molecule has 0 aliphatic heterocycles. The lowest BCUT2D eigenvalue weighted by molar-refractivity contribution is -0.138. The lowest BCUT2D eigenvalue weighted by Crippen LogP contribution is -2.18. The van der Waals surface area contributed by atoms with Crippen LogP contribution in [0.25, 0.3) is 0 Å². The van der Waals surface area contributed by atoms with Gasteiger partial charge in [0.2, 0.25) is 0 Å². The normalized spacial score (nSPS) is 16.8. The van der Waals surface area contributed by atoms with Crippen LogP contribution in [0.5, 0.6) is 5.75 Å². The zero-order chi connectivity index (χ0) is 15.0. The SMILES string of the molecule is Cc1cc(C(C)(C)C)ccc1OCC1(CC(=O)O)CC1. The van der Waals surface area contributed by atoms with Gasteiger partial charge in [0.1, 0.15) is 5.75 Å². The summed E-state index contributed by atoms with van der Waals surface area (Å²) in [7, 11) is 0. The number of carbonyl (C=O) groups is 1. The summed E-state index contributed by atoms with van der Waals surface area (Å²) in [5.41, 5.74) is 2.41. The Kier molecular flexibility index (Phi) is 3.81. The molecule has 1 aromatic carbocycles. The van der Waals surface area contributed by atoms with Gasteiger partial charge in [-0.2, -0.15) is 0 Å². The third-order valence-corrected chi connectivity index (χ3v) is 4.06. The van der Waals surface area contributed by atoms with E-state index in [1.54, 1.807) is 0 Å². The van der Waals surface area contributed by atoms with Crippen molar-refractivity contribution in [2.75, 3.05) is 6.61 Å². The van der Waals surface area contributed by atoms with E-state index < -0.39 is 5.97 Å². The van der Waals surface area contributed by atoms with Crippen LogP contribution in [0.1, 0.15) is 51.2 Å². The van der Waals surface area contributed by atoms with E-state index in [2.05, 4.69) is 32.9 Å². The average molecular weight is 276 g/mol. The predicted molar refractivity (Wildman–Crippen MR) is 79.3 cm³/mol. The van der Waals surface area contributed by atoms with Gasteiger partial charge in [-0.3, -0.25) is 4.79 Å². The fourth-order valence-corrected chi connectivity index (χ4v) is 2.38. The van der Waals surface area contributed by atoms with Crippen molar-refractivity contribution in [1.29, 1.82) is 0 Å². The predicted octanol–water partition coefficient (Wildman–Crippen LogP) is 3.93. The number of aryl methyl sites for hydroxylation is 1. The van der Waals surface area contributed by atoms with Crippen LogP contribution in [0.4, 0.5) is 0 Å². The summed E-state index contributed by atoms with van der Waals surface area (Å²) < 4.78 is 5.87. The molecule has 110 valence electrons. The van der Waals surface area contributed by atoms with Gasteiger partial charge in [-0.05, 0) is 42.4 Å². The van der Waals surface area contributed by atoms with E-state index in [0.717, 1.165) is 24.2 Å². The van der Waals surface area contributed by atoms with E-state index in [-0.39, 0.29) is 17.3 Å². The molecule has 1 N–H and O–H groups in total. The minimum Gasteiger partial charge on any atom is -0.493 e. The molecular weight excluding hydrogens is 252 g/mol. The molecule has 1 aliphatic carbocycles. The Bertz CT molecular complexity index is 507. The van der Waals surface area contributed by atoms with Crippen molar-refractivity contribution >= 4 is 5.97 Å². The highest BCUT2D eigenvalue weighted by Crippen LogP contribution is 2.49.